The molecule has 0 radical (unpaired) electrons. The molecule has 1 aromatic carbocycles. The van der Waals surface area contributed by atoms with Crippen LogP contribution in [0.2, 0.25) is 0 Å². The van der Waals surface area contributed by atoms with Crippen molar-refractivity contribution in [3.63, 3.8) is 0 Å². The van der Waals surface area contributed by atoms with Crippen LogP contribution >= 0.6 is 11.3 Å². The number of nitrogens with zero attached hydrogens (tertiary/aromatic N) is 5. The van der Waals surface area contributed by atoms with Gasteiger partial charge in [0.2, 0.25) is 5.95 Å². The molecule has 0 atom stereocenters. The van der Waals surface area contributed by atoms with E-state index in [0.29, 0.717) is 6.04 Å². The highest BCUT2D eigenvalue weighted by molar-refractivity contribution is 7.15. The Hall–Kier alpha value is -2.51. The van der Waals surface area contributed by atoms with Gasteiger partial charge in [0.25, 0.3) is 0 Å². The predicted molar refractivity (Wildman–Crippen MR) is 124 cm³/mol. The van der Waals surface area contributed by atoms with E-state index in [0.717, 1.165) is 72.1 Å². The molecule has 1 fully saturated rings. The van der Waals surface area contributed by atoms with Crippen molar-refractivity contribution in [3.05, 3.63) is 52.4 Å². The summed E-state index contributed by atoms with van der Waals surface area (Å²) in [6, 6.07) is 4.96. The van der Waals surface area contributed by atoms with E-state index in [1.165, 1.54) is 11.1 Å². The van der Waals surface area contributed by atoms with E-state index in [9.17, 15) is 0 Å². The van der Waals surface area contributed by atoms with E-state index < -0.39 is 0 Å². The lowest BCUT2D eigenvalue weighted by Crippen LogP contribution is -2.43. The molecule has 1 saturated heterocycles. The zero-order valence-corrected chi connectivity index (χ0v) is 18.7. The smallest absolute Gasteiger partial charge is 0.226 e. The number of aryl methyl sites for hydroxylation is 3. The molecule has 1 aliphatic heterocycles. The lowest BCUT2D eigenvalue weighted by atomic mass is 10.0. The number of hydrogen-bond acceptors (Lipinski definition) is 6. The van der Waals surface area contributed by atoms with Crippen molar-refractivity contribution < 1.29 is 0 Å². The molecule has 3 aromatic heterocycles. The molecule has 5 rings (SSSR count). The molecule has 0 spiro atoms. The Morgan fingerprint density at radius 1 is 1.07 bits per heavy atom. The molecule has 1 N–H and O–H groups in total. The first-order valence-corrected chi connectivity index (χ1v) is 11.6. The van der Waals surface area contributed by atoms with Gasteiger partial charge in [-0.15, -0.1) is 11.3 Å². The van der Waals surface area contributed by atoms with Gasteiger partial charge in [0.05, 0.1) is 16.9 Å². The highest BCUT2D eigenvalue weighted by atomic mass is 32.1. The van der Waals surface area contributed by atoms with Gasteiger partial charge in [-0.05, 0) is 56.9 Å². The van der Waals surface area contributed by atoms with Crippen molar-refractivity contribution >= 4 is 33.1 Å². The van der Waals surface area contributed by atoms with E-state index in [4.69, 9.17) is 9.97 Å². The standard InChI is InChI=1S/C23H28N6S/c1-15-12-20-17(3)25-22(27-21(20)13-16(15)2)28-8-5-18(6-9-28)24-7-4-19-14-29-10-11-30-23(29)26-19/h10-14,18,24H,4-9H2,1-3H3. The van der Waals surface area contributed by atoms with Gasteiger partial charge in [-0.1, -0.05) is 0 Å². The molecule has 0 unspecified atom stereocenters. The minimum atomic E-state index is 0.552. The average molecular weight is 421 g/mol. The normalized spacial score (nSPS) is 15.5. The number of fused-ring (bicyclic) bond motifs is 2. The van der Waals surface area contributed by atoms with Crippen molar-refractivity contribution in [2.75, 3.05) is 24.5 Å². The summed E-state index contributed by atoms with van der Waals surface area (Å²) in [5.74, 6) is 0.875. The Labute approximate surface area is 181 Å². The quantitative estimate of drug-likeness (QED) is 0.528. The molecule has 156 valence electrons. The topological polar surface area (TPSA) is 58.4 Å². The molecule has 0 bridgehead atoms. The Morgan fingerprint density at radius 2 is 1.87 bits per heavy atom. The number of imidazole rings is 1. The zero-order valence-electron chi connectivity index (χ0n) is 17.9. The summed E-state index contributed by atoms with van der Waals surface area (Å²) in [6.07, 6.45) is 7.41. The Balaban J connectivity index is 1.18. The third kappa shape index (κ3) is 3.79. The maximum Gasteiger partial charge on any atom is 0.226 e. The number of rotatable bonds is 5. The maximum atomic E-state index is 4.89. The van der Waals surface area contributed by atoms with E-state index in [1.807, 2.05) is 0 Å². The zero-order chi connectivity index (χ0) is 20.7. The maximum absolute atomic E-state index is 4.89. The Morgan fingerprint density at radius 3 is 2.67 bits per heavy atom. The summed E-state index contributed by atoms with van der Waals surface area (Å²) in [6.45, 7) is 9.35. The molecular formula is C23H28N6S. The van der Waals surface area contributed by atoms with Crippen molar-refractivity contribution in [2.24, 2.45) is 0 Å². The molecular weight excluding hydrogens is 392 g/mol. The minimum Gasteiger partial charge on any atom is -0.341 e. The number of aromatic nitrogens is 4. The molecule has 30 heavy (non-hydrogen) atoms. The SMILES string of the molecule is Cc1cc2nc(N3CCC(NCCc4cn5ccsc5n4)CC3)nc(C)c2cc1C. The Kier molecular flexibility index (Phi) is 5.16. The number of benzene rings is 1. The summed E-state index contributed by atoms with van der Waals surface area (Å²) in [5, 5.41) is 6.95. The third-order valence-corrected chi connectivity index (χ3v) is 7.00. The second-order valence-electron chi connectivity index (χ2n) is 8.35. The van der Waals surface area contributed by atoms with E-state index in [-0.39, 0.29) is 0 Å². The fourth-order valence-electron chi connectivity index (χ4n) is 4.25. The van der Waals surface area contributed by atoms with Crippen LogP contribution in [0.4, 0.5) is 5.95 Å². The second-order valence-corrected chi connectivity index (χ2v) is 9.23. The highest BCUT2D eigenvalue weighted by Gasteiger charge is 2.21. The van der Waals surface area contributed by atoms with Crippen LogP contribution in [0.5, 0.6) is 0 Å². The average Bonchev–Trinajstić information content (AvgIpc) is 3.32. The van der Waals surface area contributed by atoms with Gasteiger partial charge in [0.1, 0.15) is 0 Å². The van der Waals surface area contributed by atoms with Crippen molar-refractivity contribution in [1.82, 2.24) is 24.7 Å². The van der Waals surface area contributed by atoms with Crippen LogP contribution in [0.1, 0.15) is 35.4 Å². The lowest BCUT2D eigenvalue weighted by molar-refractivity contribution is 0.414. The summed E-state index contributed by atoms with van der Waals surface area (Å²) in [4.78, 5) is 17.8. The van der Waals surface area contributed by atoms with Gasteiger partial charge in [0, 0.05) is 55.3 Å². The molecule has 4 aromatic rings. The van der Waals surface area contributed by atoms with Gasteiger partial charge in [-0.2, -0.15) is 0 Å². The predicted octanol–water partition coefficient (Wildman–Crippen LogP) is 4.07. The number of thiazole rings is 1. The van der Waals surface area contributed by atoms with Gasteiger partial charge in [-0.25, -0.2) is 15.0 Å². The molecule has 6 nitrogen and oxygen atoms in total. The van der Waals surface area contributed by atoms with Gasteiger partial charge >= 0.3 is 0 Å². The first-order valence-electron chi connectivity index (χ1n) is 10.7. The van der Waals surface area contributed by atoms with E-state index in [1.54, 1.807) is 11.3 Å². The van der Waals surface area contributed by atoms with Crippen LogP contribution < -0.4 is 10.2 Å². The summed E-state index contributed by atoms with van der Waals surface area (Å²) in [5.41, 5.74) is 5.87. The van der Waals surface area contributed by atoms with Gasteiger partial charge < -0.3 is 10.2 Å². The van der Waals surface area contributed by atoms with Crippen molar-refractivity contribution in [1.29, 1.82) is 0 Å². The first-order chi connectivity index (χ1) is 14.6. The van der Waals surface area contributed by atoms with Crippen LogP contribution in [0.3, 0.4) is 0 Å². The van der Waals surface area contributed by atoms with E-state index in [2.05, 4.69) is 70.3 Å². The van der Waals surface area contributed by atoms with Crippen LogP contribution in [-0.4, -0.2) is 45.0 Å². The number of anilines is 1. The highest BCUT2D eigenvalue weighted by Crippen LogP contribution is 2.24. The van der Waals surface area contributed by atoms with Crippen LogP contribution in [-0.2, 0) is 6.42 Å². The molecule has 0 amide bonds. The second kappa shape index (κ2) is 7.96. The first kappa shape index (κ1) is 19.5. The largest absolute Gasteiger partial charge is 0.341 e. The lowest BCUT2D eigenvalue weighted by Gasteiger charge is -2.32. The molecule has 7 heteroatoms. The summed E-state index contributed by atoms with van der Waals surface area (Å²) in [7, 11) is 0. The number of nitrogens with one attached hydrogen (secondary N) is 1. The van der Waals surface area contributed by atoms with Crippen LogP contribution in [0, 0.1) is 20.8 Å². The van der Waals surface area contributed by atoms with Crippen LogP contribution in [0.15, 0.2) is 29.9 Å². The molecule has 0 aliphatic carbocycles. The fraction of sp³-hybridized carbons (Fsp3) is 0.435. The van der Waals surface area contributed by atoms with Crippen LogP contribution in [0.25, 0.3) is 15.9 Å². The van der Waals surface area contributed by atoms with Crippen molar-refractivity contribution in [2.45, 2.75) is 46.1 Å². The minimum absolute atomic E-state index is 0.552. The van der Waals surface area contributed by atoms with E-state index >= 15 is 0 Å². The van der Waals surface area contributed by atoms with Gasteiger partial charge in [0.15, 0.2) is 4.96 Å². The number of hydrogen-bond donors (Lipinski definition) is 1. The third-order valence-electron chi connectivity index (χ3n) is 6.23. The fourth-order valence-corrected chi connectivity index (χ4v) is 4.97. The number of piperidine rings is 1. The molecule has 1 aliphatic rings. The van der Waals surface area contributed by atoms with Gasteiger partial charge in [-0.3, -0.25) is 4.40 Å². The molecule has 0 saturated carbocycles. The summed E-state index contributed by atoms with van der Waals surface area (Å²) < 4.78 is 2.10. The Bertz CT molecular complexity index is 1160. The van der Waals surface area contributed by atoms with Crippen molar-refractivity contribution in [3.8, 4) is 0 Å². The summed E-state index contributed by atoms with van der Waals surface area (Å²) >= 11 is 1.68. The molecule has 4 heterocycles. The monoisotopic (exact) mass is 420 g/mol.